The normalized spacial score (nSPS) is 10.6. The van der Waals surface area contributed by atoms with Crippen LogP contribution in [-0.4, -0.2) is 28.7 Å². The van der Waals surface area contributed by atoms with E-state index in [1.165, 1.54) is 0 Å². The molecule has 0 fully saturated rings. The molecule has 0 unspecified atom stereocenters. The Labute approximate surface area is 191 Å². The van der Waals surface area contributed by atoms with Crippen LogP contribution in [0.15, 0.2) is 79.0 Å². The van der Waals surface area contributed by atoms with E-state index in [0.29, 0.717) is 40.4 Å². The summed E-state index contributed by atoms with van der Waals surface area (Å²) in [4.78, 5) is 24.8. The molecule has 3 N–H and O–H groups in total. The van der Waals surface area contributed by atoms with Crippen LogP contribution in [0, 0.1) is 6.92 Å². The van der Waals surface area contributed by atoms with E-state index in [9.17, 15) is 9.59 Å². The Morgan fingerprint density at radius 1 is 1.00 bits per heavy atom. The molecule has 166 valence electrons. The zero-order valence-electron chi connectivity index (χ0n) is 18.4. The van der Waals surface area contributed by atoms with Crippen molar-refractivity contribution in [2.24, 2.45) is 5.73 Å². The van der Waals surface area contributed by atoms with Gasteiger partial charge in [-0.2, -0.15) is 5.10 Å². The molecule has 0 spiro atoms. The minimum Gasteiger partial charge on any atom is -0.497 e. The van der Waals surface area contributed by atoms with Gasteiger partial charge in [0.15, 0.2) is 0 Å². The van der Waals surface area contributed by atoms with Crippen LogP contribution in [0.4, 0.5) is 5.69 Å². The highest BCUT2D eigenvalue weighted by Crippen LogP contribution is 2.27. The van der Waals surface area contributed by atoms with Gasteiger partial charge in [-0.3, -0.25) is 14.3 Å². The number of nitrogens with zero attached hydrogens (tertiary/aromatic N) is 2. The number of ether oxygens (including phenoxy) is 1. The smallest absolute Gasteiger partial charge is 0.259 e. The summed E-state index contributed by atoms with van der Waals surface area (Å²) < 4.78 is 7.10. The number of nitrogens with two attached hydrogens (primary N) is 1. The van der Waals surface area contributed by atoms with Gasteiger partial charge in [-0.15, -0.1) is 0 Å². The Hall–Kier alpha value is -4.39. The largest absolute Gasteiger partial charge is 0.497 e. The molecule has 0 saturated carbocycles. The maximum Gasteiger partial charge on any atom is 0.259 e. The molecule has 1 heterocycles. The van der Waals surface area contributed by atoms with Gasteiger partial charge in [0.05, 0.1) is 19.2 Å². The van der Waals surface area contributed by atoms with Gasteiger partial charge in [-0.1, -0.05) is 42.5 Å². The van der Waals surface area contributed by atoms with Crippen LogP contribution in [0.3, 0.4) is 0 Å². The lowest BCUT2D eigenvalue weighted by atomic mass is 10.1. The summed E-state index contributed by atoms with van der Waals surface area (Å²) in [5.74, 6) is -0.139. The fourth-order valence-electron chi connectivity index (χ4n) is 3.64. The van der Waals surface area contributed by atoms with Crippen molar-refractivity contribution >= 4 is 17.5 Å². The molecule has 4 aromatic rings. The second-order valence-electron chi connectivity index (χ2n) is 7.65. The van der Waals surface area contributed by atoms with Crippen molar-refractivity contribution in [2.75, 3.05) is 12.4 Å². The van der Waals surface area contributed by atoms with Crippen LogP contribution in [0.25, 0.3) is 11.3 Å². The zero-order valence-corrected chi connectivity index (χ0v) is 18.4. The number of aromatic nitrogens is 2. The molecule has 7 nitrogen and oxygen atoms in total. The number of rotatable bonds is 7. The molecule has 7 heteroatoms. The first kappa shape index (κ1) is 21.8. The fourth-order valence-corrected chi connectivity index (χ4v) is 3.64. The third-order valence-corrected chi connectivity index (χ3v) is 5.29. The molecule has 0 bridgehead atoms. The van der Waals surface area contributed by atoms with Crippen LogP contribution in [0.1, 0.15) is 31.8 Å². The molecule has 4 rings (SSSR count). The van der Waals surface area contributed by atoms with Crippen LogP contribution >= 0.6 is 0 Å². The predicted octanol–water partition coefficient (Wildman–Crippen LogP) is 4.27. The Morgan fingerprint density at radius 3 is 2.48 bits per heavy atom. The maximum absolute atomic E-state index is 13.3. The van der Waals surface area contributed by atoms with E-state index < -0.39 is 5.91 Å². The topological polar surface area (TPSA) is 99.2 Å². The number of methoxy groups -OCH3 is 1. The number of hydrogen-bond donors (Lipinski definition) is 2. The summed E-state index contributed by atoms with van der Waals surface area (Å²) in [6.07, 6.45) is 1.74. The van der Waals surface area contributed by atoms with Crippen molar-refractivity contribution in [1.29, 1.82) is 0 Å². The number of hydrogen-bond acceptors (Lipinski definition) is 4. The summed E-state index contributed by atoms with van der Waals surface area (Å²) in [5.41, 5.74) is 9.87. The van der Waals surface area contributed by atoms with Crippen LogP contribution in [0.5, 0.6) is 5.75 Å². The Balaban J connectivity index is 1.69. The Bertz CT molecular complexity index is 1310. The van der Waals surface area contributed by atoms with Gasteiger partial charge < -0.3 is 15.8 Å². The number of carbonyl (C=O) groups excluding carboxylic acids is 2. The quantitative estimate of drug-likeness (QED) is 0.448. The predicted molar refractivity (Wildman–Crippen MR) is 127 cm³/mol. The van der Waals surface area contributed by atoms with Gasteiger partial charge in [0.2, 0.25) is 5.91 Å². The highest BCUT2D eigenvalue weighted by Gasteiger charge is 2.19. The van der Waals surface area contributed by atoms with Crippen molar-refractivity contribution in [3.05, 3.63) is 101 Å². The van der Waals surface area contributed by atoms with Crippen LogP contribution in [0.2, 0.25) is 0 Å². The lowest BCUT2D eigenvalue weighted by molar-refractivity contribution is 0.0997. The molecule has 0 saturated heterocycles. The van der Waals surface area contributed by atoms with Gasteiger partial charge in [-0.05, 0) is 48.4 Å². The van der Waals surface area contributed by atoms with E-state index in [2.05, 4.69) is 5.32 Å². The Kier molecular flexibility index (Phi) is 6.22. The number of anilines is 1. The highest BCUT2D eigenvalue weighted by atomic mass is 16.5. The third kappa shape index (κ3) is 4.93. The SMILES string of the molecule is COc1cccc(-c2nn(Cc3ccccc3)cc2C(=O)Nc2ccc(C(N)=O)c(C)c2)c1. The number of nitrogens with one attached hydrogen (secondary N) is 1. The number of carbonyl (C=O) groups is 2. The monoisotopic (exact) mass is 440 g/mol. The van der Waals surface area contributed by atoms with E-state index in [-0.39, 0.29) is 5.91 Å². The van der Waals surface area contributed by atoms with Crippen molar-refractivity contribution in [3.63, 3.8) is 0 Å². The van der Waals surface area contributed by atoms with Gasteiger partial charge in [0.1, 0.15) is 11.4 Å². The molecule has 0 radical (unpaired) electrons. The van der Waals surface area contributed by atoms with Gasteiger partial charge in [-0.25, -0.2) is 0 Å². The third-order valence-electron chi connectivity index (χ3n) is 5.29. The van der Waals surface area contributed by atoms with Gasteiger partial charge >= 0.3 is 0 Å². The number of aryl methyl sites for hydroxylation is 1. The molecule has 0 aliphatic heterocycles. The minimum absolute atomic E-state index is 0.307. The van der Waals surface area contributed by atoms with Crippen molar-refractivity contribution in [1.82, 2.24) is 9.78 Å². The molecule has 2 amide bonds. The molecule has 0 aliphatic rings. The molecule has 0 atom stereocenters. The minimum atomic E-state index is -0.507. The van der Waals surface area contributed by atoms with Crippen molar-refractivity contribution in [2.45, 2.75) is 13.5 Å². The first-order chi connectivity index (χ1) is 15.9. The van der Waals surface area contributed by atoms with Crippen molar-refractivity contribution in [3.8, 4) is 17.0 Å². The average molecular weight is 441 g/mol. The Morgan fingerprint density at radius 2 is 1.79 bits per heavy atom. The number of benzene rings is 3. The summed E-state index contributed by atoms with van der Waals surface area (Å²) >= 11 is 0. The maximum atomic E-state index is 13.3. The molecule has 3 aromatic carbocycles. The fraction of sp³-hybridized carbons (Fsp3) is 0.115. The number of amides is 2. The second-order valence-corrected chi connectivity index (χ2v) is 7.65. The zero-order chi connectivity index (χ0) is 23.4. The molecule has 0 aliphatic carbocycles. The molecular formula is C26H24N4O3. The summed E-state index contributed by atoms with van der Waals surface area (Å²) in [6.45, 7) is 2.30. The summed E-state index contributed by atoms with van der Waals surface area (Å²) in [7, 11) is 1.60. The average Bonchev–Trinajstić information content (AvgIpc) is 3.23. The lowest BCUT2D eigenvalue weighted by Gasteiger charge is -2.09. The van der Waals surface area contributed by atoms with Gasteiger partial charge in [0, 0.05) is 23.0 Å². The van der Waals surface area contributed by atoms with E-state index in [1.54, 1.807) is 43.1 Å². The van der Waals surface area contributed by atoms with Crippen LogP contribution < -0.4 is 15.8 Å². The molecular weight excluding hydrogens is 416 g/mol. The second kappa shape index (κ2) is 9.40. The summed E-state index contributed by atoms with van der Waals surface area (Å²) in [6, 6.07) is 22.3. The summed E-state index contributed by atoms with van der Waals surface area (Å²) in [5, 5.41) is 7.61. The first-order valence-electron chi connectivity index (χ1n) is 10.4. The first-order valence-corrected chi connectivity index (χ1v) is 10.4. The standard InChI is InChI=1S/C26H24N4O3/c1-17-13-20(11-12-22(17)25(27)31)28-26(32)23-16-30(15-18-7-4-3-5-8-18)29-24(23)19-9-6-10-21(14-19)33-2/h3-14,16H,15H2,1-2H3,(H2,27,31)(H,28,32). The van der Waals surface area contributed by atoms with E-state index in [1.807, 2.05) is 54.6 Å². The molecule has 33 heavy (non-hydrogen) atoms. The highest BCUT2D eigenvalue weighted by molar-refractivity contribution is 6.08. The van der Waals surface area contributed by atoms with Gasteiger partial charge in [0.25, 0.3) is 5.91 Å². The van der Waals surface area contributed by atoms with E-state index in [4.69, 9.17) is 15.6 Å². The van der Waals surface area contributed by atoms with Crippen LogP contribution in [-0.2, 0) is 6.54 Å². The van der Waals surface area contributed by atoms with E-state index >= 15 is 0 Å². The number of primary amides is 1. The molecule has 1 aromatic heterocycles. The van der Waals surface area contributed by atoms with Crippen molar-refractivity contribution < 1.29 is 14.3 Å². The van der Waals surface area contributed by atoms with E-state index in [0.717, 1.165) is 11.1 Å². The lowest BCUT2D eigenvalue weighted by Crippen LogP contribution is -2.15.